The standard InChI is InChI=1S/C23H24N8O3/c1-2-14(20(25)32)27-11-13(10-24)12-8-16-19-18(9-12)33-7-3-6-31(19)22(29-16)15-4-5-17-21(28-15)30-23(26)34-17/h4-5,8-11,14H,2-3,6-7,24H2,1H3,(H2,25,32)(H2,26,28,30)/t14-/m1/s1. The highest BCUT2D eigenvalue weighted by Gasteiger charge is 2.22. The molecule has 0 spiro atoms. The van der Waals surface area contributed by atoms with E-state index in [-0.39, 0.29) is 6.01 Å². The van der Waals surface area contributed by atoms with Crippen molar-refractivity contribution in [3.05, 3.63) is 36.0 Å². The first-order valence-corrected chi connectivity index (χ1v) is 10.9. The molecule has 0 saturated carbocycles. The SMILES string of the molecule is CC[C@@H](N=CC(=CN)c1cc2c3c(c1)nc(-c1ccc4oc(N)nc4n1)n3CCCO2)C(N)=O. The molecule has 174 valence electrons. The van der Waals surface area contributed by atoms with E-state index in [2.05, 4.69) is 19.5 Å². The Bertz CT molecular complexity index is 1470. The number of aliphatic imine (C=N–C) groups is 1. The summed E-state index contributed by atoms with van der Waals surface area (Å²) in [5, 5.41) is 0. The quantitative estimate of drug-likeness (QED) is 0.367. The molecular formula is C23H24N8O3. The number of nitrogen functional groups attached to an aromatic ring is 1. The van der Waals surface area contributed by atoms with Crippen LogP contribution in [0, 0.1) is 0 Å². The summed E-state index contributed by atoms with van der Waals surface area (Å²) in [6, 6.07) is 6.87. The second kappa shape index (κ2) is 8.50. The molecule has 0 bridgehead atoms. The van der Waals surface area contributed by atoms with E-state index < -0.39 is 11.9 Å². The van der Waals surface area contributed by atoms with Crippen molar-refractivity contribution in [2.45, 2.75) is 32.4 Å². The van der Waals surface area contributed by atoms with Gasteiger partial charge in [-0.25, -0.2) is 9.97 Å². The molecule has 1 aromatic carbocycles. The number of carbonyl (C=O) groups excluding carboxylic acids is 1. The molecule has 1 aliphatic heterocycles. The van der Waals surface area contributed by atoms with Crippen LogP contribution < -0.4 is 21.9 Å². The maximum atomic E-state index is 11.5. The number of fused-ring (bicyclic) bond motifs is 1. The number of hydrogen-bond donors (Lipinski definition) is 3. The van der Waals surface area contributed by atoms with E-state index in [1.165, 1.54) is 6.20 Å². The van der Waals surface area contributed by atoms with Gasteiger partial charge in [-0.05, 0) is 42.7 Å². The molecule has 11 heteroatoms. The lowest BCUT2D eigenvalue weighted by atomic mass is 10.1. The molecule has 0 radical (unpaired) electrons. The number of aromatic nitrogens is 4. The summed E-state index contributed by atoms with van der Waals surface area (Å²) in [5.74, 6) is 0.890. The molecule has 34 heavy (non-hydrogen) atoms. The third kappa shape index (κ3) is 3.70. The summed E-state index contributed by atoms with van der Waals surface area (Å²) in [6.45, 7) is 3.12. The number of allylic oxidation sites excluding steroid dienone is 1. The average molecular weight is 460 g/mol. The van der Waals surface area contributed by atoms with Crippen molar-refractivity contribution in [3.63, 3.8) is 0 Å². The Balaban J connectivity index is 1.62. The Hall–Kier alpha value is -4.41. The fourth-order valence-electron chi connectivity index (χ4n) is 4.05. The highest BCUT2D eigenvalue weighted by molar-refractivity contribution is 6.11. The first-order chi connectivity index (χ1) is 16.5. The van der Waals surface area contributed by atoms with Crippen LogP contribution in [0.2, 0.25) is 0 Å². The van der Waals surface area contributed by atoms with Gasteiger partial charge in [0.15, 0.2) is 11.4 Å². The minimum Gasteiger partial charge on any atom is -0.491 e. The Morgan fingerprint density at radius 2 is 2.15 bits per heavy atom. The molecule has 11 nitrogen and oxygen atoms in total. The monoisotopic (exact) mass is 460 g/mol. The maximum absolute atomic E-state index is 11.5. The molecule has 1 atom stereocenters. The van der Waals surface area contributed by atoms with Crippen LogP contribution in [0.25, 0.3) is 39.4 Å². The number of carbonyl (C=O) groups is 1. The van der Waals surface area contributed by atoms with Crippen LogP contribution in [0.1, 0.15) is 25.3 Å². The predicted molar refractivity (Wildman–Crippen MR) is 129 cm³/mol. The van der Waals surface area contributed by atoms with E-state index in [1.54, 1.807) is 12.3 Å². The van der Waals surface area contributed by atoms with Crippen LogP contribution in [0.5, 0.6) is 5.75 Å². The van der Waals surface area contributed by atoms with Gasteiger partial charge in [-0.1, -0.05) is 6.92 Å². The number of oxazole rings is 1. The van der Waals surface area contributed by atoms with E-state index in [0.717, 1.165) is 29.6 Å². The van der Waals surface area contributed by atoms with Crippen molar-refractivity contribution < 1.29 is 13.9 Å². The summed E-state index contributed by atoms with van der Waals surface area (Å²) >= 11 is 0. The maximum Gasteiger partial charge on any atom is 0.294 e. The van der Waals surface area contributed by atoms with E-state index >= 15 is 0 Å². The Labute approximate surface area is 194 Å². The van der Waals surface area contributed by atoms with E-state index in [1.807, 2.05) is 25.1 Å². The Kier molecular flexibility index (Phi) is 5.36. The van der Waals surface area contributed by atoms with Gasteiger partial charge in [0, 0.05) is 24.5 Å². The van der Waals surface area contributed by atoms with Crippen molar-refractivity contribution in [2.75, 3.05) is 12.3 Å². The molecule has 0 aliphatic carbocycles. The summed E-state index contributed by atoms with van der Waals surface area (Å²) in [5.41, 5.74) is 21.5. The average Bonchev–Trinajstić information content (AvgIpc) is 3.29. The van der Waals surface area contributed by atoms with Crippen LogP contribution in [-0.4, -0.2) is 44.3 Å². The van der Waals surface area contributed by atoms with Gasteiger partial charge in [0.1, 0.15) is 23.0 Å². The number of imidazole rings is 1. The van der Waals surface area contributed by atoms with E-state index in [4.69, 9.17) is 31.3 Å². The van der Waals surface area contributed by atoms with Crippen molar-refractivity contribution in [1.29, 1.82) is 0 Å². The minimum atomic E-state index is -0.617. The second-order valence-electron chi connectivity index (χ2n) is 7.93. The number of amides is 1. The van der Waals surface area contributed by atoms with Gasteiger partial charge in [0.2, 0.25) is 11.6 Å². The number of nitrogens with zero attached hydrogens (tertiary/aromatic N) is 5. The lowest BCUT2D eigenvalue weighted by Gasteiger charge is -2.09. The van der Waals surface area contributed by atoms with Crippen LogP contribution in [-0.2, 0) is 11.3 Å². The number of aryl methyl sites for hydroxylation is 1. The number of nitrogens with two attached hydrogens (primary N) is 3. The molecule has 4 aromatic rings. The number of pyridine rings is 1. The van der Waals surface area contributed by atoms with E-state index in [9.17, 15) is 4.79 Å². The zero-order chi connectivity index (χ0) is 23.8. The van der Waals surface area contributed by atoms with Crippen LogP contribution >= 0.6 is 0 Å². The number of benzene rings is 1. The molecule has 0 unspecified atom stereocenters. The van der Waals surface area contributed by atoms with Gasteiger partial charge in [-0.3, -0.25) is 9.79 Å². The molecule has 4 heterocycles. The van der Waals surface area contributed by atoms with E-state index in [0.29, 0.717) is 47.1 Å². The first-order valence-electron chi connectivity index (χ1n) is 10.9. The summed E-state index contributed by atoms with van der Waals surface area (Å²) in [4.78, 5) is 29.5. The topological polar surface area (TPSA) is 173 Å². The molecular weight excluding hydrogens is 436 g/mol. The Morgan fingerprint density at radius 3 is 2.91 bits per heavy atom. The number of primary amides is 1. The molecule has 3 aromatic heterocycles. The van der Waals surface area contributed by atoms with Crippen LogP contribution in [0.4, 0.5) is 6.01 Å². The third-order valence-electron chi connectivity index (χ3n) is 5.71. The normalized spacial score (nSPS) is 15.0. The van der Waals surface area contributed by atoms with Crippen molar-refractivity contribution >= 4 is 46.0 Å². The van der Waals surface area contributed by atoms with Crippen LogP contribution in [0.3, 0.4) is 0 Å². The number of rotatable bonds is 6. The van der Waals surface area contributed by atoms with Gasteiger partial charge in [0.25, 0.3) is 6.01 Å². The summed E-state index contributed by atoms with van der Waals surface area (Å²) < 4.78 is 13.5. The fourth-order valence-corrected chi connectivity index (χ4v) is 4.05. The third-order valence-corrected chi connectivity index (χ3v) is 5.71. The Morgan fingerprint density at radius 1 is 1.29 bits per heavy atom. The zero-order valence-corrected chi connectivity index (χ0v) is 18.6. The van der Waals surface area contributed by atoms with Crippen molar-refractivity contribution in [2.24, 2.45) is 16.5 Å². The second-order valence-corrected chi connectivity index (χ2v) is 7.93. The first kappa shape index (κ1) is 21.4. The number of anilines is 1. The highest BCUT2D eigenvalue weighted by Crippen LogP contribution is 2.36. The molecule has 5 rings (SSSR count). The molecule has 0 saturated heterocycles. The van der Waals surface area contributed by atoms with Gasteiger partial charge < -0.3 is 30.9 Å². The molecule has 1 amide bonds. The predicted octanol–water partition coefficient (Wildman–Crippen LogP) is 2.24. The number of ether oxygens (including phenoxy) is 1. The summed E-state index contributed by atoms with van der Waals surface area (Å²) in [6.07, 6.45) is 4.30. The summed E-state index contributed by atoms with van der Waals surface area (Å²) in [7, 11) is 0. The van der Waals surface area contributed by atoms with Crippen molar-refractivity contribution in [1.82, 2.24) is 19.5 Å². The van der Waals surface area contributed by atoms with Gasteiger partial charge >= 0.3 is 0 Å². The minimum absolute atomic E-state index is 0.0656. The fraction of sp³-hybridized carbons (Fsp3) is 0.261. The molecule has 6 N–H and O–H groups in total. The van der Waals surface area contributed by atoms with Crippen LogP contribution in [0.15, 0.2) is 39.9 Å². The zero-order valence-electron chi connectivity index (χ0n) is 18.6. The van der Waals surface area contributed by atoms with Gasteiger partial charge in [-0.2, -0.15) is 4.98 Å². The number of hydrogen-bond acceptors (Lipinski definition) is 9. The lowest BCUT2D eigenvalue weighted by molar-refractivity contribution is -0.119. The largest absolute Gasteiger partial charge is 0.491 e. The highest BCUT2D eigenvalue weighted by atomic mass is 16.5. The lowest BCUT2D eigenvalue weighted by Crippen LogP contribution is -2.26. The van der Waals surface area contributed by atoms with Crippen molar-refractivity contribution in [3.8, 4) is 17.3 Å². The smallest absolute Gasteiger partial charge is 0.294 e. The molecule has 1 aliphatic rings. The van der Waals surface area contributed by atoms with Gasteiger partial charge in [0.05, 0.1) is 12.1 Å². The van der Waals surface area contributed by atoms with Gasteiger partial charge in [-0.15, -0.1) is 0 Å². The molecule has 0 fully saturated rings.